The van der Waals surface area contributed by atoms with Gasteiger partial charge in [-0.25, -0.2) is 0 Å². The van der Waals surface area contributed by atoms with Crippen molar-refractivity contribution in [1.82, 2.24) is 9.88 Å². The van der Waals surface area contributed by atoms with Crippen molar-refractivity contribution in [3.05, 3.63) is 74.7 Å². The van der Waals surface area contributed by atoms with Gasteiger partial charge in [0.1, 0.15) is 5.02 Å². The standard InChI is InChI=1S/C22H27ClN2O2/c1-22(2,3)17-6-4-16(5-7-17)18(10-11-25-12-14-27-15-13-25)20-9-8-19(23)21(26)24-20/h4-10H,11-15H2,1-3H3,(H,24,26)/b18-10-. The smallest absolute Gasteiger partial charge is 0.267 e. The molecular weight excluding hydrogens is 360 g/mol. The molecule has 1 aromatic heterocycles. The summed E-state index contributed by atoms with van der Waals surface area (Å²) >= 11 is 5.92. The monoisotopic (exact) mass is 386 g/mol. The lowest BCUT2D eigenvalue weighted by atomic mass is 9.86. The predicted molar refractivity (Wildman–Crippen MR) is 112 cm³/mol. The van der Waals surface area contributed by atoms with E-state index in [-0.39, 0.29) is 16.0 Å². The number of nitrogens with one attached hydrogen (secondary N) is 1. The summed E-state index contributed by atoms with van der Waals surface area (Å²) in [5.74, 6) is 0. The first-order valence-corrected chi connectivity index (χ1v) is 9.73. The molecule has 1 aliphatic rings. The normalized spacial score (nSPS) is 16.5. The molecule has 0 atom stereocenters. The van der Waals surface area contributed by atoms with E-state index in [1.165, 1.54) is 5.56 Å². The second-order valence-electron chi connectivity index (χ2n) is 7.91. The second kappa shape index (κ2) is 8.42. The van der Waals surface area contributed by atoms with Crippen molar-refractivity contribution in [3.8, 4) is 0 Å². The summed E-state index contributed by atoms with van der Waals surface area (Å²) in [6.07, 6.45) is 2.18. The van der Waals surface area contributed by atoms with Crippen LogP contribution in [0.25, 0.3) is 5.57 Å². The minimum absolute atomic E-state index is 0.102. The SMILES string of the molecule is CC(C)(C)c1ccc(/C(=C/CN2CCOCC2)c2ccc(Cl)c(=O)[nH]2)cc1. The van der Waals surface area contributed by atoms with Crippen LogP contribution in [0.15, 0.2) is 47.3 Å². The Balaban J connectivity index is 1.95. The summed E-state index contributed by atoms with van der Waals surface area (Å²) in [7, 11) is 0. The van der Waals surface area contributed by atoms with Crippen LogP contribution in [-0.2, 0) is 10.2 Å². The lowest BCUT2D eigenvalue weighted by Crippen LogP contribution is -2.36. The van der Waals surface area contributed by atoms with E-state index in [1.807, 2.05) is 6.07 Å². The van der Waals surface area contributed by atoms with Gasteiger partial charge in [0.2, 0.25) is 0 Å². The minimum Gasteiger partial charge on any atom is -0.379 e. The number of pyridine rings is 1. The van der Waals surface area contributed by atoms with Crippen LogP contribution < -0.4 is 5.56 Å². The Kier molecular flexibility index (Phi) is 6.20. The molecule has 5 heteroatoms. The molecule has 4 nitrogen and oxygen atoms in total. The van der Waals surface area contributed by atoms with Crippen LogP contribution >= 0.6 is 11.6 Å². The summed E-state index contributed by atoms with van der Waals surface area (Å²) in [4.78, 5) is 17.3. The largest absolute Gasteiger partial charge is 0.379 e. The Labute approximate surface area is 165 Å². The minimum atomic E-state index is -0.266. The summed E-state index contributed by atoms with van der Waals surface area (Å²) in [6, 6.07) is 12.1. The van der Waals surface area contributed by atoms with Gasteiger partial charge in [-0.05, 0) is 28.7 Å². The van der Waals surface area contributed by atoms with E-state index in [4.69, 9.17) is 16.3 Å². The van der Waals surface area contributed by atoms with Crippen LogP contribution in [-0.4, -0.2) is 42.7 Å². The molecule has 0 saturated carbocycles. The fraction of sp³-hybridized carbons (Fsp3) is 0.409. The molecule has 27 heavy (non-hydrogen) atoms. The molecule has 0 unspecified atom stereocenters. The number of rotatable bonds is 4. The number of hydrogen-bond donors (Lipinski definition) is 1. The number of nitrogens with zero attached hydrogens (tertiary/aromatic N) is 1. The maximum absolute atomic E-state index is 12.0. The average Bonchev–Trinajstić information content (AvgIpc) is 2.65. The average molecular weight is 387 g/mol. The lowest BCUT2D eigenvalue weighted by molar-refractivity contribution is 0.0435. The van der Waals surface area contributed by atoms with Crippen LogP contribution in [0.5, 0.6) is 0 Å². The van der Waals surface area contributed by atoms with Crippen molar-refractivity contribution >= 4 is 17.2 Å². The number of ether oxygens (including phenoxy) is 1. The van der Waals surface area contributed by atoms with Gasteiger partial charge in [-0.2, -0.15) is 0 Å². The van der Waals surface area contributed by atoms with Gasteiger partial charge in [0.15, 0.2) is 0 Å². The highest BCUT2D eigenvalue weighted by atomic mass is 35.5. The van der Waals surface area contributed by atoms with Gasteiger partial charge in [-0.1, -0.05) is 62.7 Å². The number of H-pyrrole nitrogens is 1. The summed E-state index contributed by atoms with van der Waals surface area (Å²) < 4.78 is 5.43. The Morgan fingerprint density at radius 1 is 1.15 bits per heavy atom. The van der Waals surface area contributed by atoms with Gasteiger partial charge in [0.25, 0.3) is 5.56 Å². The highest BCUT2D eigenvalue weighted by molar-refractivity contribution is 6.30. The number of aromatic nitrogens is 1. The fourth-order valence-corrected chi connectivity index (χ4v) is 3.26. The lowest BCUT2D eigenvalue weighted by Gasteiger charge is -2.25. The molecule has 0 bridgehead atoms. The molecular formula is C22H27ClN2O2. The van der Waals surface area contributed by atoms with E-state index in [2.05, 4.69) is 61.0 Å². The summed E-state index contributed by atoms with van der Waals surface area (Å²) in [6.45, 7) is 10.8. The van der Waals surface area contributed by atoms with Crippen molar-refractivity contribution in [2.45, 2.75) is 26.2 Å². The molecule has 1 saturated heterocycles. The van der Waals surface area contributed by atoms with Crippen LogP contribution in [0, 0.1) is 0 Å². The molecule has 0 radical (unpaired) electrons. The van der Waals surface area contributed by atoms with Crippen molar-refractivity contribution < 1.29 is 4.74 Å². The molecule has 1 aromatic carbocycles. The van der Waals surface area contributed by atoms with Crippen LogP contribution in [0.1, 0.15) is 37.6 Å². The van der Waals surface area contributed by atoms with Crippen LogP contribution in [0.3, 0.4) is 0 Å². The van der Waals surface area contributed by atoms with Crippen molar-refractivity contribution in [2.75, 3.05) is 32.8 Å². The van der Waals surface area contributed by atoms with Crippen molar-refractivity contribution in [2.24, 2.45) is 0 Å². The predicted octanol–water partition coefficient (Wildman–Crippen LogP) is 4.09. The van der Waals surface area contributed by atoms with Gasteiger partial charge in [0.05, 0.1) is 13.2 Å². The Morgan fingerprint density at radius 3 is 2.41 bits per heavy atom. The topological polar surface area (TPSA) is 45.3 Å². The third kappa shape index (κ3) is 5.10. The van der Waals surface area contributed by atoms with Crippen molar-refractivity contribution in [3.63, 3.8) is 0 Å². The quantitative estimate of drug-likeness (QED) is 0.860. The number of benzene rings is 1. The zero-order valence-electron chi connectivity index (χ0n) is 16.2. The van der Waals surface area contributed by atoms with Gasteiger partial charge in [-0.3, -0.25) is 9.69 Å². The van der Waals surface area contributed by atoms with E-state index < -0.39 is 0 Å². The second-order valence-corrected chi connectivity index (χ2v) is 8.31. The Bertz CT molecular complexity index is 857. The molecule has 0 aliphatic carbocycles. The van der Waals surface area contributed by atoms with Crippen LogP contribution in [0.4, 0.5) is 0 Å². The number of hydrogen-bond acceptors (Lipinski definition) is 3. The first-order chi connectivity index (χ1) is 12.8. The molecule has 0 amide bonds. The molecule has 0 spiro atoms. The molecule has 1 fully saturated rings. The fourth-order valence-electron chi connectivity index (χ4n) is 3.15. The molecule has 144 valence electrons. The molecule has 3 rings (SSSR count). The Morgan fingerprint density at radius 2 is 1.81 bits per heavy atom. The molecule has 2 heterocycles. The number of morpholine rings is 1. The summed E-state index contributed by atoms with van der Waals surface area (Å²) in [5.41, 5.74) is 3.98. The number of aromatic amines is 1. The first-order valence-electron chi connectivity index (χ1n) is 9.35. The summed E-state index contributed by atoms with van der Waals surface area (Å²) in [5, 5.41) is 0.203. The maximum atomic E-state index is 12.0. The highest BCUT2D eigenvalue weighted by Gasteiger charge is 2.15. The third-order valence-corrected chi connectivity index (χ3v) is 5.17. The third-order valence-electron chi connectivity index (χ3n) is 4.87. The van der Waals surface area contributed by atoms with E-state index in [9.17, 15) is 4.79 Å². The van der Waals surface area contributed by atoms with Crippen LogP contribution in [0.2, 0.25) is 5.02 Å². The molecule has 2 aromatic rings. The van der Waals surface area contributed by atoms with Crippen molar-refractivity contribution in [1.29, 1.82) is 0 Å². The Hall–Kier alpha value is -1.88. The van der Waals surface area contributed by atoms with Gasteiger partial charge >= 0.3 is 0 Å². The molecule has 1 aliphatic heterocycles. The zero-order chi connectivity index (χ0) is 19.4. The number of halogens is 1. The van der Waals surface area contributed by atoms with Gasteiger partial charge in [-0.15, -0.1) is 0 Å². The van der Waals surface area contributed by atoms with Gasteiger partial charge < -0.3 is 9.72 Å². The van der Waals surface area contributed by atoms with Gasteiger partial charge in [0, 0.05) is 30.9 Å². The zero-order valence-corrected chi connectivity index (χ0v) is 17.0. The van der Waals surface area contributed by atoms with E-state index >= 15 is 0 Å². The maximum Gasteiger partial charge on any atom is 0.267 e. The van der Waals surface area contributed by atoms with E-state index in [0.29, 0.717) is 0 Å². The van der Waals surface area contributed by atoms with E-state index in [1.54, 1.807) is 6.07 Å². The molecule has 1 N–H and O–H groups in total. The first kappa shape index (κ1) is 19.9. The van der Waals surface area contributed by atoms with E-state index in [0.717, 1.165) is 49.7 Å². The highest BCUT2D eigenvalue weighted by Crippen LogP contribution is 2.27.